The third-order valence-corrected chi connectivity index (χ3v) is 3.73. The Balaban J connectivity index is 1.61. The van der Waals surface area contributed by atoms with E-state index in [0.717, 1.165) is 11.1 Å². The molecule has 5 nitrogen and oxygen atoms in total. The number of hydrogen-bond acceptors (Lipinski definition) is 3. The van der Waals surface area contributed by atoms with Gasteiger partial charge in [0.25, 0.3) is 11.5 Å². The molecule has 2 aromatic carbocycles. The second-order valence-electron chi connectivity index (χ2n) is 5.55. The number of amides is 1. The first kappa shape index (κ1) is 16.6. The lowest BCUT2D eigenvalue weighted by Gasteiger charge is -2.07. The molecule has 1 aromatic heterocycles. The van der Waals surface area contributed by atoms with Gasteiger partial charge >= 0.3 is 0 Å². The molecule has 1 amide bonds. The Hall–Kier alpha value is -3.28. The summed E-state index contributed by atoms with van der Waals surface area (Å²) >= 11 is 0. The first-order valence-corrected chi connectivity index (χ1v) is 7.74. The molecule has 6 heteroatoms. The molecule has 3 rings (SSSR count). The van der Waals surface area contributed by atoms with Crippen LogP contribution in [-0.4, -0.2) is 15.5 Å². The number of rotatable bonds is 5. The normalized spacial score (nSPS) is 10.4. The highest BCUT2D eigenvalue weighted by atomic mass is 19.1. The Labute approximate surface area is 143 Å². The van der Waals surface area contributed by atoms with E-state index in [1.54, 1.807) is 36.4 Å². The van der Waals surface area contributed by atoms with Gasteiger partial charge in [-0.2, -0.15) is 0 Å². The lowest BCUT2D eigenvalue weighted by Crippen LogP contribution is -2.23. The predicted molar refractivity (Wildman–Crippen MR) is 91.6 cm³/mol. The van der Waals surface area contributed by atoms with Crippen molar-refractivity contribution >= 4 is 5.91 Å². The molecule has 0 saturated heterocycles. The minimum atomic E-state index is -0.307. The molecular formula is C19H16FN3O2. The van der Waals surface area contributed by atoms with Crippen LogP contribution in [0.5, 0.6) is 0 Å². The van der Waals surface area contributed by atoms with Gasteiger partial charge in [-0.3, -0.25) is 14.2 Å². The van der Waals surface area contributed by atoms with E-state index < -0.39 is 0 Å². The van der Waals surface area contributed by atoms with Crippen molar-refractivity contribution in [3.8, 4) is 0 Å². The Morgan fingerprint density at radius 1 is 1.00 bits per heavy atom. The van der Waals surface area contributed by atoms with E-state index in [-0.39, 0.29) is 17.3 Å². The smallest absolute Gasteiger partial charge is 0.253 e. The van der Waals surface area contributed by atoms with Crippen LogP contribution >= 0.6 is 0 Å². The van der Waals surface area contributed by atoms with Crippen molar-refractivity contribution in [3.63, 3.8) is 0 Å². The van der Waals surface area contributed by atoms with Gasteiger partial charge in [-0.15, -0.1) is 0 Å². The first-order chi connectivity index (χ1) is 12.1. The lowest BCUT2D eigenvalue weighted by atomic mass is 10.1. The van der Waals surface area contributed by atoms with Crippen molar-refractivity contribution in [2.24, 2.45) is 0 Å². The highest BCUT2D eigenvalue weighted by Crippen LogP contribution is 2.07. The topological polar surface area (TPSA) is 64.0 Å². The Morgan fingerprint density at radius 3 is 2.36 bits per heavy atom. The summed E-state index contributed by atoms with van der Waals surface area (Å²) in [5.41, 5.74) is 2.10. The van der Waals surface area contributed by atoms with E-state index in [2.05, 4.69) is 10.3 Å². The summed E-state index contributed by atoms with van der Waals surface area (Å²) in [6.45, 7) is 0.718. The van der Waals surface area contributed by atoms with Crippen LogP contribution in [0.2, 0.25) is 0 Å². The van der Waals surface area contributed by atoms with Gasteiger partial charge < -0.3 is 5.32 Å². The summed E-state index contributed by atoms with van der Waals surface area (Å²) in [5, 5.41) is 2.79. The number of carbonyl (C=O) groups excluding carboxylic acids is 1. The zero-order valence-corrected chi connectivity index (χ0v) is 13.4. The Morgan fingerprint density at radius 2 is 1.68 bits per heavy atom. The highest BCUT2D eigenvalue weighted by Gasteiger charge is 2.06. The maximum Gasteiger partial charge on any atom is 0.253 e. The SMILES string of the molecule is O=C(NCc1ccc(F)cc1)c1ccc(Cn2cnccc2=O)cc1. The number of nitrogens with zero attached hydrogens (tertiary/aromatic N) is 2. The summed E-state index contributed by atoms with van der Waals surface area (Å²) in [6.07, 6.45) is 2.93. The second-order valence-corrected chi connectivity index (χ2v) is 5.55. The monoisotopic (exact) mass is 337 g/mol. The van der Waals surface area contributed by atoms with Gasteiger partial charge in [0.15, 0.2) is 0 Å². The van der Waals surface area contributed by atoms with Crippen LogP contribution in [0.25, 0.3) is 0 Å². The third-order valence-electron chi connectivity index (χ3n) is 3.73. The Kier molecular flexibility index (Phi) is 4.99. The summed E-state index contributed by atoms with van der Waals surface area (Å²) in [5.74, 6) is -0.521. The highest BCUT2D eigenvalue weighted by molar-refractivity contribution is 5.94. The van der Waals surface area contributed by atoms with Gasteiger partial charge in [0.2, 0.25) is 0 Å². The molecule has 0 spiro atoms. The average Bonchev–Trinajstić information content (AvgIpc) is 2.63. The average molecular weight is 337 g/mol. The number of halogens is 1. The summed E-state index contributed by atoms with van der Waals surface area (Å²) < 4.78 is 14.3. The van der Waals surface area contributed by atoms with Gasteiger partial charge in [-0.1, -0.05) is 24.3 Å². The molecule has 126 valence electrons. The van der Waals surface area contributed by atoms with E-state index in [9.17, 15) is 14.0 Å². The molecule has 0 radical (unpaired) electrons. The maximum atomic E-state index is 12.9. The summed E-state index contributed by atoms with van der Waals surface area (Å²) in [4.78, 5) is 27.8. The van der Waals surface area contributed by atoms with E-state index >= 15 is 0 Å². The van der Waals surface area contributed by atoms with Crippen molar-refractivity contribution in [1.82, 2.24) is 14.9 Å². The number of nitrogens with one attached hydrogen (secondary N) is 1. The molecule has 1 heterocycles. The van der Waals surface area contributed by atoms with Crippen molar-refractivity contribution in [1.29, 1.82) is 0 Å². The van der Waals surface area contributed by atoms with Gasteiger partial charge in [-0.25, -0.2) is 9.37 Å². The van der Waals surface area contributed by atoms with Crippen LogP contribution in [0, 0.1) is 5.82 Å². The van der Waals surface area contributed by atoms with E-state index in [0.29, 0.717) is 18.7 Å². The molecule has 0 unspecified atom stereocenters. The number of aromatic nitrogens is 2. The fourth-order valence-electron chi connectivity index (χ4n) is 2.34. The fourth-order valence-corrected chi connectivity index (χ4v) is 2.34. The zero-order chi connectivity index (χ0) is 17.6. The number of carbonyl (C=O) groups is 1. The zero-order valence-electron chi connectivity index (χ0n) is 13.4. The standard InChI is InChI=1S/C19H16FN3O2/c20-17-7-3-14(4-8-17)11-22-19(25)16-5-1-15(2-6-16)12-23-13-21-10-9-18(23)24/h1-10,13H,11-12H2,(H,22,25). The van der Waals surface area contributed by atoms with Crippen molar-refractivity contribution in [3.05, 3.63) is 100.0 Å². The number of benzene rings is 2. The van der Waals surface area contributed by atoms with Crippen LogP contribution in [0.3, 0.4) is 0 Å². The van der Waals surface area contributed by atoms with E-state index in [1.165, 1.54) is 35.3 Å². The third kappa shape index (κ3) is 4.38. The van der Waals surface area contributed by atoms with Gasteiger partial charge in [0.05, 0.1) is 12.9 Å². The predicted octanol–water partition coefficient (Wildman–Crippen LogP) is 2.36. The van der Waals surface area contributed by atoms with Crippen molar-refractivity contribution in [2.45, 2.75) is 13.1 Å². The molecule has 0 aliphatic rings. The summed E-state index contributed by atoms with van der Waals surface area (Å²) in [6, 6.07) is 14.4. The van der Waals surface area contributed by atoms with E-state index in [4.69, 9.17) is 0 Å². The van der Waals surface area contributed by atoms with Crippen LogP contribution in [0.1, 0.15) is 21.5 Å². The van der Waals surface area contributed by atoms with Crippen LogP contribution in [0.15, 0.2) is 71.9 Å². The Bertz CT molecular complexity index is 918. The minimum absolute atomic E-state index is 0.129. The van der Waals surface area contributed by atoms with Gasteiger partial charge in [0.1, 0.15) is 5.82 Å². The lowest BCUT2D eigenvalue weighted by molar-refractivity contribution is 0.0951. The van der Waals surface area contributed by atoms with Crippen LogP contribution in [-0.2, 0) is 13.1 Å². The molecule has 0 aliphatic carbocycles. The second kappa shape index (κ2) is 7.53. The molecule has 3 aromatic rings. The largest absolute Gasteiger partial charge is 0.348 e. The van der Waals surface area contributed by atoms with Crippen LogP contribution < -0.4 is 10.9 Å². The molecule has 0 saturated carbocycles. The van der Waals surface area contributed by atoms with Gasteiger partial charge in [-0.05, 0) is 35.4 Å². The number of hydrogen-bond donors (Lipinski definition) is 1. The fraction of sp³-hybridized carbons (Fsp3) is 0.105. The molecule has 1 N–H and O–H groups in total. The van der Waals surface area contributed by atoms with Crippen LogP contribution in [0.4, 0.5) is 4.39 Å². The van der Waals surface area contributed by atoms with Gasteiger partial charge in [0, 0.05) is 24.4 Å². The van der Waals surface area contributed by atoms with Crippen molar-refractivity contribution in [2.75, 3.05) is 0 Å². The van der Waals surface area contributed by atoms with Crippen molar-refractivity contribution < 1.29 is 9.18 Å². The maximum absolute atomic E-state index is 12.9. The van der Waals surface area contributed by atoms with E-state index in [1.807, 2.05) is 0 Å². The summed E-state index contributed by atoms with van der Waals surface area (Å²) in [7, 11) is 0. The minimum Gasteiger partial charge on any atom is -0.348 e. The molecule has 25 heavy (non-hydrogen) atoms. The molecule has 0 fully saturated rings. The molecule has 0 bridgehead atoms. The quantitative estimate of drug-likeness (QED) is 0.777. The molecule has 0 aliphatic heterocycles. The molecular weight excluding hydrogens is 321 g/mol. The first-order valence-electron chi connectivity index (χ1n) is 7.74. The molecule has 0 atom stereocenters.